The van der Waals surface area contributed by atoms with E-state index in [1.54, 1.807) is 12.1 Å². The van der Waals surface area contributed by atoms with E-state index in [2.05, 4.69) is 10.3 Å². The number of carbonyl (C=O) groups excluding carboxylic acids is 1. The van der Waals surface area contributed by atoms with E-state index in [1.807, 2.05) is 18.9 Å². The van der Waals surface area contributed by atoms with E-state index in [-0.39, 0.29) is 5.91 Å². The Morgan fingerprint density at radius 2 is 2.28 bits per heavy atom. The molecule has 5 heteroatoms. The first-order chi connectivity index (χ1) is 8.61. The van der Waals surface area contributed by atoms with E-state index in [0.717, 1.165) is 19.4 Å². The van der Waals surface area contributed by atoms with Gasteiger partial charge in [0.15, 0.2) is 0 Å². The molecule has 0 atom stereocenters. The fraction of sp³-hybridized carbons (Fsp3) is 0.538. The van der Waals surface area contributed by atoms with Gasteiger partial charge in [0.1, 0.15) is 11.0 Å². The van der Waals surface area contributed by atoms with Crippen LogP contribution in [0.25, 0.3) is 0 Å². The quantitative estimate of drug-likeness (QED) is 0.854. The molecule has 1 aromatic heterocycles. The minimum Gasteiger partial charge on any atom is -0.370 e. The monoisotopic (exact) mass is 267 g/mol. The Hall–Kier alpha value is -1.29. The third-order valence-corrected chi connectivity index (χ3v) is 3.54. The zero-order valence-electron chi connectivity index (χ0n) is 10.7. The summed E-state index contributed by atoms with van der Waals surface area (Å²) < 4.78 is 0. The van der Waals surface area contributed by atoms with Gasteiger partial charge >= 0.3 is 0 Å². The van der Waals surface area contributed by atoms with E-state index in [0.29, 0.717) is 22.6 Å². The van der Waals surface area contributed by atoms with Gasteiger partial charge in [-0.15, -0.1) is 0 Å². The van der Waals surface area contributed by atoms with Crippen LogP contribution in [0.3, 0.4) is 0 Å². The summed E-state index contributed by atoms with van der Waals surface area (Å²) in [6.45, 7) is 2.73. The van der Waals surface area contributed by atoms with Crippen LogP contribution in [0.2, 0.25) is 5.15 Å². The first-order valence-electron chi connectivity index (χ1n) is 6.30. The van der Waals surface area contributed by atoms with Gasteiger partial charge in [-0.3, -0.25) is 4.79 Å². The predicted molar refractivity (Wildman–Crippen MR) is 73.1 cm³/mol. The van der Waals surface area contributed by atoms with Crippen molar-refractivity contribution in [3.63, 3.8) is 0 Å². The number of halogens is 1. The Morgan fingerprint density at radius 1 is 1.56 bits per heavy atom. The fourth-order valence-corrected chi connectivity index (χ4v) is 2.24. The maximum Gasteiger partial charge on any atom is 0.254 e. The summed E-state index contributed by atoms with van der Waals surface area (Å²) in [5.41, 5.74) is 0.598. The van der Waals surface area contributed by atoms with Gasteiger partial charge in [0.05, 0.1) is 0 Å². The summed E-state index contributed by atoms with van der Waals surface area (Å²) in [5.74, 6) is 0.665. The molecule has 4 nitrogen and oxygen atoms in total. The summed E-state index contributed by atoms with van der Waals surface area (Å²) in [4.78, 5) is 18.2. The molecule has 2 rings (SSSR count). The molecule has 0 unspecified atom stereocenters. The van der Waals surface area contributed by atoms with Crippen molar-refractivity contribution >= 4 is 23.3 Å². The van der Waals surface area contributed by atoms with Crippen LogP contribution in [-0.2, 0) is 0 Å². The highest BCUT2D eigenvalue weighted by atomic mass is 35.5. The highest BCUT2D eigenvalue weighted by Crippen LogP contribution is 2.25. The van der Waals surface area contributed by atoms with E-state index in [9.17, 15) is 4.79 Å². The van der Waals surface area contributed by atoms with Crippen LogP contribution in [0.5, 0.6) is 0 Å². The zero-order valence-corrected chi connectivity index (χ0v) is 11.5. The van der Waals surface area contributed by atoms with Gasteiger partial charge in [-0.1, -0.05) is 11.6 Å². The highest BCUT2D eigenvalue weighted by molar-refractivity contribution is 6.29. The molecule has 0 bridgehead atoms. The number of aromatic nitrogens is 1. The molecule has 0 saturated heterocycles. The number of hydrogen-bond acceptors (Lipinski definition) is 3. The third-order valence-electron chi connectivity index (χ3n) is 3.34. The molecule has 1 aliphatic carbocycles. The van der Waals surface area contributed by atoms with Crippen LogP contribution in [0.4, 0.5) is 5.82 Å². The number of nitrogens with one attached hydrogen (secondary N) is 1. The maximum atomic E-state index is 12.3. The third kappa shape index (κ3) is 2.75. The lowest BCUT2D eigenvalue weighted by Crippen LogP contribution is -2.41. The minimum absolute atomic E-state index is 0.0168. The zero-order chi connectivity index (χ0) is 13.1. The van der Waals surface area contributed by atoms with Crippen LogP contribution in [0.15, 0.2) is 12.1 Å². The number of hydrogen-bond donors (Lipinski definition) is 1. The van der Waals surface area contributed by atoms with Crippen molar-refractivity contribution in [2.75, 3.05) is 18.9 Å². The Kier molecular flexibility index (Phi) is 4.07. The number of pyridine rings is 1. The number of anilines is 1. The molecular weight excluding hydrogens is 250 g/mol. The standard InChI is InChI=1S/C13H18ClN3O/c1-3-15-12-8-9(7-11(14)16-12)13(18)17(2)10-5-4-6-10/h7-8,10H,3-6H2,1-2H3,(H,15,16). The second-order valence-electron chi connectivity index (χ2n) is 4.59. The van der Waals surface area contributed by atoms with Crippen molar-refractivity contribution in [1.29, 1.82) is 0 Å². The second-order valence-corrected chi connectivity index (χ2v) is 4.98. The van der Waals surface area contributed by atoms with Crippen molar-refractivity contribution < 1.29 is 4.79 Å². The van der Waals surface area contributed by atoms with Gasteiger partial charge in [-0.25, -0.2) is 4.98 Å². The smallest absolute Gasteiger partial charge is 0.254 e. The van der Waals surface area contributed by atoms with Crippen molar-refractivity contribution in [1.82, 2.24) is 9.88 Å². The summed E-state index contributed by atoms with van der Waals surface area (Å²) in [6.07, 6.45) is 3.41. The van der Waals surface area contributed by atoms with Crippen molar-refractivity contribution in [3.05, 3.63) is 22.8 Å². The van der Waals surface area contributed by atoms with E-state index in [1.165, 1.54) is 6.42 Å². The van der Waals surface area contributed by atoms with Gasteiger partial charge in [0.25, 0.3) is 5.91 Å². The summed E-state index contributed by atoms with van der Waals surface area (Å²) >= 11 is 5.94. The Balaban J connectivity index is 2.18. The molecule has 98 valence electrons. The predicted octanol–water partition coefficient (Wildman–Crippen LogP) is 2.79. The number of rotatable bonds is 4. The molecule has 1 amide bonds. The largest absolute Gasteiger partial charge is 0.370 e. The maximum absolute atomic E-state index is 12.3. The molecule has 1 saturated carbocycles. The van der Waals surface area contributed by atoms with Crippen molar-refractivity contribution in [3.8, 4) is 0 Å². The second kappa shape index (κ2) is 5.57. The molecule has 1 aliphatic rings. The van der Waals surface area contributed by atoms with E-state index >= 15 is 0 Å². The molecule has 1 N–H and O–H groups in total. The Bertz CT molecular complexity index is 446. The molecule has 1 aromatic rings. The lowest BCUT2D eigenvalue weighted by molar-refractivity contribution is 0.0652. The van der Waals surface area contributed by atoms with Gasteiger partial charge in [-0.05, 0) is 38.3 Å². The lowest BCUT2D eigenvalue weighted by Gasteiger charge is -2.34. The minimum atomic E-state index is 0.0168. The van der Waals surface area contributed by atoms with Crippen LogP contribution in [0.1, 0.15) is 36.5 Å². The van der Waals surface area contributed by atoms with Gasteiger partial charge in [0.2, 0.25) is 0 Å². The summed E-state index contributed by atoms with van der Waals surface area (Å²) in [6, 6.07) is 3.76. The number of amides is 1. The highest BCUT2D eigenvalue weighted by Gasteiger charge is 2.26. The molecule has 1 fully saturated rings. The van der Waals surface area contributed by atoms with Gasteiger partial charge < -0.3 is 10.2 Å². The Morgan fingerprint density at radius 3 is 2.83 bits per heavy atom. The molecule has 0 aromatic carbocycles. The first kappa shape index (κ1) is 13.1. The number of nitrogens with zero attached hydrogens (tertiary/aromatic N) is 2. The van der Waals surface area contributed by atoms with Crippen LogP contribution in [-0.4, -0.2) is 35.4 Å². The molecule has 1 heterocycles. The van der Waals surface area contributed by atoms with Crippen molar-refractivity contribution in [2.24, 2.45) is 0 Å². The van der Waals surface area contributed by atoms with Crippen LogP contribution < -0.4 is 5.32 Å². The van der Waals surface area contributed by atoms with Crippen LogP contribution >= 0.6 is 11.6 Å². The molecule has 0 aliphatic heterocycles. The fourth-order valence-electron chi connectivity index (χ4n) is 2.04. The number of carbonyl (C=O) groups is 1. The van der Waals surface area contributed by atoms with E-state index < -0.39 is 0 Å². The normalized spacial score (nSPS) is 15.1. The molecule has 0 radical (unpaired) electrons. The lowest BCUT2D eigenvalue weighted by atomic mass is 9.91. The van der Waals surface area contributed by atoms with Gasteiger partial charge in [-0.2, -0.15) is 0 Å². The topological polar surface area (TPSA) is 45.2 Å². The van der Waals surface area contributed by atoms with Crippen LogP contribution in [0, 0.1) is 0 Å². The Labute approximate surface area is 112 Å². The van der Waals surface area contributed by atoms with E-state index in [4.69, 9.17) is 11.6 Å². The average molecular weight is 268 g/mol. The first-order valence-corrected chi connectivity index (χ1v) is 6.68. The van der Waals surface area contributed by atoms with Gasteiger partial charge in [0, 0.05) is 25.2 Å². The molecular formula is C13H18ClN3O. The SMILES string of the molecule is CCNc1cc(C(=O)N(C)C2CCC2)cc(Cl)n1. The molecule has 18 heavy (non-hydrogen) atoms. The summed E-state index contributed by atoms with van der Waals surface area (Å²) in [7, 11) is 1.85. The van der Waals surface area contributed by atoms with Crippen molar-refractivity contribution in [2.45, 2.75) is 32.2 Å². The summed E-state index contributed by atoms with van der Waals surface area (Å²) in [5, 5.41) is 3.42. The molecule has 0 spiro atoms. The average Bonchev–Trinajstić information content (AvgIpc) is 2.25.